The predicted molar refractivity (Wildman–Crippen MR) is 131 cm³/mol. The van der Waals surface area contributed by atoms with Crippen LogP contribution in [0, 0.1) is 17.8 Å². The Hall–Kier alpha value is -1.45. The van der Waals surface area contributed by atoms with Gasteiger partial charge in [-0.2, -0.15) is 0 Å². The van der Waals surface area contributed by atoms with Crippen LogP contribution < -0.4 is 0 Å². The number of likely N-dealkylation sites (tertiary alicyclic amines) is 1. The van der Waals surface area contributed by atoms with Crippen molar-refractivity contribution in [2.24, 2.45) is 17.8 Å². The molecular weight excluding hydrogens is 504 g/mol. The first-order valence-corrected chi connectivity index (χ1v) is 13.4. The standard InChI is InChI=1S/C25H39BrN2O6/c1-6-9-11-27(10-7-2)23(31)21-25-13-17(26)20(34-25)18(24(32)33-8-3)19(25)22(30)28(21)16(14-29)12-15(4)5/h7,15-21,29H,2,6,8-14H2,1,3-5H3/t16-,17?,18-,19+,20-,21?,25?/m1/s1. The highest BCUT2D eigenvalue weighted by atomic mass is 79.9. The van der Waals surface area contributed by atoms with E-state index in [1.54, 1.807) is 22.8 Å². The minimum absolute atomic E-state index is 0.178. The number of carbonyl (C=O) groups excluding carboxylic acids is 3. The normalized spacial score (nSPS) is 32.7. The molecule has 34 heavy (non-hydrogen) atoms. The SMILES string of the molecule is C=CCN(CCCC)C(=O)C1N([C@@H](CO)CC(C)C)C(=O)[C@@H]2[C@@H](C(=O)OCC)[C@@H]3OC12CC3Br. The first-order chi connectivity index (χ1) is 16.2. The highest BCUT2D eigenvalue weighted by Crippen LogP contribution is 2.60. The fourth-order valence-corrected chi connectivity index (χ4v) is 6.98. The highest BCUT2D eigenvalue weighted by Gasteiger charge is 2.77. The number of esters is 1. The van der Waals surface area contributed by atoms with Gasteiger partial charge in [0.05, 0.1) is 37.2 Å². The highest BCUT2D eigenvalue weighted by molar-refractivity contribution is 9.09. The summed E-state index contributed by atoms with van der Waals surface area (Å²) in [7, 11) is 0. The molecule has 8 nitrogen and oxygen atoms in total. The van der Waals surface area contributed by atoms with Gasteiger partial charge in [0.15, 0.2) is 0 Å². The van der Waals surface area contributed by atoms with Crippen molar-refractivity contribution in [1.29, 1.82) is 0 Å². The number of aliphatic hydroxyl groups is 1. The van der Waals surface area contributed by atoms with Crippen LogP contribution in [0.25, 0.3) is 0 Å². The van der Waals surface area contributed by atoms with Gasteiger partial charge in [0, 0.05) is 17.9 Å². The average Bonchev–Trinajstić information content (AvgIpc) is 3.38. The van der Waals surface area contributed by atoms with Crippen LogP contribution in [0.4, 0.5) is 0 Å². The molecule has 3 saturated heterocycles. The van der Waals surface area contributed by atoms with Gasteiger partial charge in [0.25, 0.3) is 0 Å². The van der Waals surface area contributed by atoms with E-state index in [1.165, 1.54) is 0 Å². The Bertz CT molecular complexity index is 791. The molecule has 9 heteroatoms. The first-order valence-electron chi connectivity index (χ1n) is 12.5. The number of fused-ring (bicyclic) bond motifs is 1. The van der Waals surface area contributed by atoms with Crippen molar-refractivity contribution in [1.82, 2.24) is 9.80 Å². The van der Waals surface area contributed by atoms with E-state index in [-0.39, 0.29) is 35.8 Å². The molecule has 0 aromatic carbocycles. The summed E-state index contributed by atoms with van der Waals surface area (Å²) in [6.07, 6.45) is 3.86. The number of rotatable bonds is 12. The maximum absolute atomic E-state index is 14.1. The average molecular weight is 543 g/mol. The molecule has 0 aromatic heterocycles. The van der Waals surface area contributed by atoms with Crippen LogP contribution in [0.3, 0.4) is 0 Å². The Kier molecular flexibility index (Phi) is 8.85. The lowest BCUT2D eigenvalue weighted by Crippen LogP contribution is -2.59. The third kappa shape index (κ3) is 4.55. The Labute approximate surface area is 211 Å². The number of hydrogen-bond acceptors (Lipinski definition) is 6. The summed E-state index contributed by atoms with van der Waals surface area (Å²) in [5, 5.41) is 10.3. The van der Waals surface area contributed by atoms with Gasteiger partial charge in [-0.3, -0.25) is 14.4 Å². The molecular formula is C25H39BrN2O6. The maximum atomic E-state index is 14.1. The monoisotopic (exact) mass is 542 g/mol. The van der Waals surface area contributed by atoms with Crippen LogP contribution in [0.2, 0.25) is 0 Å². The van der Waals surface area contributed by atoms with Gasteiger partial charge in [0.1, 0.15) is 11.6 Å². The molecule has 3 heterocycles. The van der Waals surface area contributed by atoms with Gasteiger partial charge < -0.3 is 24.4 Å². The molecule has 0 radical (unpaired) electrons. The van der Waals surface area contributed by atoms with Crippen molar-refractivity contribution >= 4 is 33.7 Å². The third-order valence-electron chi connectivity index (χ3n) is 7.31. The van der Waals surface area contributed by atoms with Crippen LogP contribution in [-0.4, -0.2) is 87.6 Å². The minimum atomic E-state index is -1.14. The van der Waals surface area contributed by atoms with E-state index in [2.05, 4.69) is 29.4 Å². The van der Waals surface area contributed by atoms with Gasteiger partial charge in [-0.15, -0.1) is 6.58 Å². The zero-order valence-corrected chi connectivity index (χ0v) is 22.3. The van der Waals surface area contributed by atoms with Crippen LogP contribution >= 0.6 is 15.9 Å². The summed E-state index contributed by atoms with van der Waals surface area (Å²) in [5.74, 6) is -2.37. The summed E-state index contributed by atoms with van der Waals surface area (Å²) < 4.78 is 11.8. The van der Waals surface area contributed by atoms with Crippen molar-refractivity contribution < 1.29 is 29.0 Å². The van der Waals surface area contributed by atoms with Crippen LogP contribution in [-0.2, 0) is 23.9 Å². The lowest BCUT2D eigenvalue weighted by Gasteiger charge is -2.39. The second kappa shape index (κ2) is 11.1. The summed E-state index contributed by atoms with van der Waals surface area (Å²) in [5.41, 5.74) is -1.14. The number of amides is 2. The molecule has 3 rings (SSSR count). The van der Waals surface area contributed by atoms with E-state index in [0.717, 1.165) is 12.8 Å². The van der Waals surface area contributed by atoms with Crippen LogP contribution in [0.15, 0.2) is 12.7 Å². The number of hydrogen-bond donors (Lipinski definition) is 1. The molecule has 3 aliphatic rings. The minimum Gasteiger partial charge on any atom is -0.466 e. The number of halogens is 1. The Morgan fingerprint density at radius 3 is 2.68 bits per heavy atom. The smallest absolute Gasteiger partial charge is 0.312 e. The zero-order chi connectivity index (χ0) is 25.2. The number of carbonyl (C=O) groups is 3. The number of unbranched alkanes of at least 4 members (excludes halogenated alkanes) is 1. The van der Waals surface area contributed by atoms with Crippen LogP contribution in [0.1, 0.15) is 53.4 Å². The second-order valence-corrected chi connectivity index (χ2v) is 11.2. The fourth-order valence-electron chi connectivity index (χ4n) is 6.04. The van der Waals surface area contributed by atoms with Crippen molar-refractivity contribution in [3.8, 4) is 0 Å². The summed E-state index contributed by atoms with van der Waals surface area (Å²) in [6.45, 7) is 12.5. The molecule has 3 aliphatic heterocycles. The van der Waals surface area contributed by atoms with Gasteiger partial charge >= 0.3 is 5.97 Å². The van der Waals surface area contributed by atoms with Crippen LogP contribution in [0.5, 0.6) is 0 Å². The molecule has 3 fully saturated rings. The van der Waals surface area contributed by atoms with E-state index >= 15 is 0 Å². The lowest BCUT2D eigenvalue weighted by molar-refractivity contribution is -0.156. The molecule has 0 aromatic rings. The molecule has 7 atom stereocenters. The van der Waals surface area contributed by atoms with Gasteiger partial charge in [-0.25, -0.2) is 0 Å². The van der Waals surface area contributed by atoms with E-state index in [0.29, 0.717) is 25.9 Å². The van der Waals surface area contributed by atoms with Gasteiger partial charge in [-0.1, -0.05) is 49.2 Å². The molecule has 0 aliphatic carbocycles. The van der Waals surface area contributed by atoms with Crippen molar-refractivity contribution in [3.05, 3.63) is 12.7 Å². The zero-order valence-electron chi connectivity index (χ0n) is 20.7. The van der Waals surface area contributed by atoms with E-state index in [9.17, 15) is 19.5 Å². The Balaban J connectivity index is 2.10. The second-order valence-electron chi connectivity index (χ2n) is 10.1. The van der Waals surface area contributed by atoms with Crippen molar-refractivity contribution in [2.45, 2.75) is 82.0 Å². The first kappa shape index (κ1) is 27.1. The molecule has 0 saturated carbocycles. The fraction of sp³-hybridized carbons (Fsp3) is 0.800. The van der Waals surface area contributed by atoms with E-state index in [1.807, 2.05) is 13.8 Å². The summed E-state index contributed by atoms with van der Waals surface area (Å²) in [6, 6.07) is -1.46. The number of ether oxygens (including phenoxy) is 2. The van der Waals surface area contributed by atoms with Gasteiger partial charge in [-0.05, 0) is 32.1 Å². The number of alkyl halides is 1. The largest absolute Gasteiger partial charge is 0.466 e. The Morgan fingerprint density at radius 2 is 2.12 bits per heavy atom. The Morgan fingerprint density at radius 1 is 1.41 bits per heavy atom. The van der Waals surface area contributed by atoms with Crippen molar-refractivity contribution in [2.75, 3.05) is 26.3 Å². The molecule has 3 unspecified atom stereocenters. The maximum Gasteiger partial charge on any atom is 0.312 e. The molecule has 1 spiro atoms. The predicted octanol–water partition coefficient (Wildman–Crippen LogP) is 2.52. The summed E-state index contributed by atoms with van der Waals surface area (Å²) in [4.78, 5) is 44.2. The van der Waals surface area contributed by atoms with Crippen molar-refractivity contribution in [3.63, 3.8) is 0 Å². The molecule has 192 valence electrons. The van der Waals surface area contributed by atoms with E-state index in [4.69, 9.17) is 9.47 Å². The summed E-state index contributed by atoms with van der Waals surface area (Å²) >= 11 is 3.65. The van der Waals surface area contributed by atoms with Gasteiger partial charge in [0.2, 0.25) is 11.8 Å². The number of nitrogens with zero attached hydrogens (tertiary/aromatic N) is 2. The lowest BCUT2D eigenvalue weighted by atomic mass is 9.70. The molecule has 1 N–H and O–H groups in total. The topological polar surface area (TPSA) is 96.4 Å². The van der Waals surface area contributed by atoms with E-state index < -0.39 is 41.6 Å². The number of aliphatic hydroxyl groups excluding tert-OH is 1. The molecule has 2 amide bonds. The third-order valence-corrected chi connectivity index (χ3v) is 8.15. The quantitative estimate of drug-likeness (QED) is 0.231. The molecule has 2 bridgehead atoms.